The molecule has 1 aliphatic rings. The number of benzene rings is 2. The molecular formula is C26H32N4O3. The number of aromatic nitrogens is 2. The molecule has 0 spiro atoms. The summed E-state index contributed by atoms with van der Waals surface area (Å²) in [6.07, 6.45) is 6.14. The molecule has 1 atom stereocenters. The van der Waals surface area contributed by atoms with E-state index in [0.29, 0.717) is 34.6 Å². The molecule has 0 saturated heterocycles. The van der Waals surface area contributed by atoms with Gasteiger partial charge in [0.05, 0.1) is 29.7 Å². The Labute approximate surface area is 194 Å². The Hall–Kier alpha value is -3.35. The fraction of sp³-hybridized carbons (Fsp3) is 0.423. The number of carbonyl (C=O) groups excluding carboxylic acids is 1. The van der Waals surface area contributed by atoms with Gasteiger partial charge in [-0.1, -0.05) is 50.5 Å². The number of methoxy groups -OCH3 is 1. The summed E-state index contributed by atoms with van der Waals surface area (Å²) in [6, 6.07) is 14.4. The Morgan fingerprint density at radius 1 is 1.15 bits per heavy atom. The maximum Gasteiger partial charge on any atom is 0.317 e. The van der Waals surface area contributed by atoms with Crippen LogP contribution in [-0.2, 0) is 0 Å². The van der Waals surface area contributed by atoms with Crippen LogP contribution in [0.1, 0.15) is 57.3 Å². The van der Waals surface area contributed by atoms with E-state index in [2.05, 4.69) is 5.32 Å². The number of para-hydroxylation sites is 3. The van der Waals surface area contributed by atoms with Crippen molar-refractivity contribution in [3.63, 3.8) is 0 Å². The molecule has 2 amide bonds. The Bertz CT molecular complexity index is 1180. The first-order valence-electron chi connectivity index (χ1n) is 11.7. The van der Waals surface area contributed by atoms with Gasteiger partial charge in [-0.15, -0.1) is 0 Å². The van der Waals surface area contributed by atoms with Crippen molar-refractivity contribution in [3.8, 4) is 11.4 Å². The van der Waals surface area contributed by atoms with E-state index < -0.39 is 6.04 Å². The van der Waals surface area contributed by atoms with Crippen molar-refractivity contribution in [1.29, 1.82) is 0 Å². The summed E-state index contributed by atoms with van der Waals surface area (Å²) >= 11 is 0. The first-order chi connectivity index (χ1) is 16.0. The van der Waals surface area contributed by atoms with E-state index in [-0.39, 0.29) is 17.6 Å². The van der Waals surface area contributed by atoms with Gasteiger partial charge in [0, 0.05) is 13.1 Å². The van der Waals surface area contributed by atoms with Gasteiger partial charge in [-0.2, -0.15) is 0 Å². The second-order valence-electron chi connectivity index (χ2n) is 8.62. The zero-order valence-electron chi connectivity index (χ0n) is 19.6. The second kappa shape index (κ2) is 10.1. The van der Waals surface area contributed by atoms with E-state index in [0.717, 1.165) is 25.7 Å². The quantitative estimate of drug-likeness (QED) is 0.587. The van der Waals surface area contributed by atoms with Crippen LogP contribution in [0.25, 0.3) is 16.6 Å². The summed E-state index contributed by atoms with van der Waals surface area (Å²) in [7, 11) is 3.36. The Morgan fingerprint density at radius 3 is 2.58 bits per heavy atom. The molecular weight excluding hydrogens is 416 g/mol. The molecule has 2 aromatic carbocycles. The van der Waals surface area contributed by atoms with Crippen molar-refractivity contribution in [1.82, 2.24) is 19.8 Å². The van der Waals surface area contributed by atoms with Crippen LogP contribution < -0.4 is 15.6 Å². The lowest BCUT2D eigenvalue weighted by Gasteiger charge is -2.32. The van der Waals surface area contributed by atoms with Crippen LogP contribution >= 0.6 is 0 Å². The van der Waals surface area contributed by atoms with E-state index in [1.54, 1.807) is 29.7 Å². The summed E-state index contributed by atoms with van der Waals surface area (Å²) in [4.78, 5) is 33.4. The number of nitrogens with zero attached hydrogens (tertiary/aromatic N) is 3. The molecule has 3 aromatic rings. The van der Waals surface area contributed by atoms with Crippen LogP contribution in [0, 0.1) is 0 Å². The van der Waals surface area contributed by atoms with Gasteiger partial charge in [-0.3, -0.25) is 9.36 Å². The predicted octanol–water partition coefficient (Wildman–Crippen LogP) is 4.82. The third kappa shape index (κ3) is 4.58. The molecule has 1 unspecified atom stereocenters. The summed E-state index contributed by atoms with van der Waals surface area (Å²) in [6.45, 7) is 2.00. The number of amides is 2. The number of fused-ring (bicyclic) bond motifs is 1. The highest BCUT2D eigenvalue weighted by molar-refractivity contribution is 5.78. The molecule has 1 aromatic heterocycles. The van der Waals surface area contributed by atoms with Gasteiger partial charge < -0.3 is 15.0 Å². The first kappa shape index (κ1) is 22.8. The number of ether oxygens (including phenoxy) is 1. The van der Waals surface area contributed by atoms with Crippen molar-refractivity contribution in [2.75, 3.05) is 14.2 Å². The summed E-state index contributed by atoms with van der Waals surface area (Å²) in [5.74, 6) is 1.09. The van der Waals surface area contributed by atoms with Crippen LogP contribution in [0.4, 0.5) is 4.79 Å². The Balaban J connectivity index is 1.82. The third-order valence-corrected chi connectivity index (χ3v) is 6.53. The summed E-state index contributed by atoms with van der Waals surface area (Å²) < 4.78 is 7.16. The summed E-state index contributed by atoms with van der Waals surface area (Å²) in [5, 5.41) is 3.71. The predicted molar refractivity (Wildman–Crippen MR) is 130 cm³/mol. The number of nitrogens with one attached hydrogen (secondary N) is 1. The smallest absolute Gasteiger partial charge is 0.317 e. The molecule has 7 nitrogen and oxygen atoms in total. The minimum atomic E-state index is -0.393. The highest BCUT2D eigenvalue weighted by atomic mass is 16.5. The third-order valence-electron chi connectivity index (χ3n) is 6.53. The minimum Gasteiger partial charge on any atom is -0.495 e. The van der Waals surface area contributed by atoms with Gasteiger partial charge in [0.15, 0.2) is 0 Å². The molecule has 33 heavy (non-hydrogen) atoms. The fourth-order valence-electron chi connectivity index (χ4n) is 4.72. The van der Waals surface area contributed by atoms with Crippen molar-refractivity contribution in [2.45, 2.75) is 57.5 Å². The van der Waals surface area contributed by atoms with E-state index >= 15 is 0 Å². The SMILES string of the molecule is CCC(c1nc2ccccc2c(=O)n1-c1ccccc1OC)N(C)C(=O)NC1CCCCC1. The molecule has 1 N–H and O–H groups in total. The Kier molecular flexibility index (Phi) is 6.96. The molecule has 1 fully saturated rings. The topological polar surface area (TPSA) is 76.5 Å². The molecule has 7 heteroatoms. The molecule has 4 rings (SSSR count). The zero-order chi connectivity index (χ0) is 23.4. The van der Waals surface area contributed by atoms with Crippen LogP contribution in [0.15, 0.2) is 53.3 Å². The molecule has 1 heterocycles. The van der Waals surface area contributed by atoms with Crippen molar-refractivity contribution >= 4 is 16.9 Å². The first-order valence-corrected chi connectivity index (χ1v) is 11.7. The second-order valence-corrected chi connectivity index (χ2v) is 8.62. The van der Waals surface area contributed by atoms with Gasteiger partial charge in [-0.05, 0) is 43.5 Å². The monoisotopic (exact) mass is 448 g/mol. The number of carbonyl (C=O) groups is 1. The van der Waals surface area contributed by atoms with Crippen LogP contribution in [0.2, 0.25) is 0 Å². The Morgan fingerprint density at radius 2 is 1.85 bits per heavy atom. The highest BCUT2D eigenvalue weighted by Crippen LogP contribution is 2.29. The van der Waals surface area contributed by atoms with Crippen LogP contribution in [0.3, 0.4) is 0 Å². The van der Waals surface area contributed by atoms with E-state index in [1.165, 1.54) is 6.42 Å². The average Bonchev–Trinajstić information content (AvgIpc) is 2.85. The summed E-state index contributed by atoms with van der Waals surface area (Å²) in [5.41, 5.74) is 1.04. The van der Waals surface area contributed by atoms with Crippen molar-refractivity contribution in [3.05, 3.63) is 64.7 Å². The molecule has 0 bridgehead atoms. The number of hydrogen-bond acceptors (Lipinski definition) is 4. The van der Waals surface area contributed by atoms with Crippen LogP contribution in [0.5, 0.6) is 5.75 Å². The number of rotatable bonds is 6. The minimum absolute atomic E-state index is 0.136. The molecule has 174 valence electrons. The maximum atomic E-state index is 13.7. The molecule has 0 aliphatic heterocycles. The van der Waals surface area contributed by atoms with Gasteiger partial charge in [0.1, 0.15) is 11.6 Å². The van der Waals surface area contributed by atoms with Crippen molar-refractivity contribution < 1.29 is 9.53 Å². The largest absolute Gasteiger partial charge is 0.495 e. The number of urea groups is 1. The molecule has 1 saturated carbocycles. The molecule has 0 radical (unpaired) electrons. The lowest BCUT2D eigenvalue weighted by molar-refractivity contribution is 0.178. The van der Waals surface area contributed by atoms with Crippen molar-refractivity contribution in [2.24, 2.45) is 0 Å². The van der Waals surface area contributed by atoms with Crippen LogP contribution in [-0.4, -0.2) is 40.7 Å². The highest BCUT2D eigenvalue weighted by Gasteiger charge is 2.28. The van der Waals surface area contributed by atoms with Gasteiger partial charge in [0.25, 0.3) is 5.56 Å². The van der Waals surface area contributed by atoms with E-state index in [1.807, 2.05) is 49.4 Å². The average molecular weight is 449 g/mol. The maximum absolute atomic E-state index is 13.7. The van der Waals surface area contributed by atoms with Gasteiger partial charge in [-0.25, -0.2) is 9.78 Å². The van der Waals surface area contributed by atoms with E-state index in [9.17, 15) is 9.59 Å². The zero-order valence-corrected chi connectivity index (χ0v) is 19.6. The number of hydrogen-bond donors (Lipinski definition) is 1. The van der Waals surface area contributed by atoms with Gasteiger partial charge >= 0.3 is 6.03 Å². The molecule has 1 aliphatic carbocycles. The normalized spacial score (nSPS) is 15.2. The fourth-order valence-corrected chi connectivity index (χ4v) is 4.72. The van der Waals surface area contributed by atoms with E-state index in [4.69, 9.17) is 9.72 Å². The standard InChI is InChI=1S/C26H32N4O3/c1-4-21(29(2)26(32)27-18-12-6-5-7-13-18)24-28-20-15-9-8-14-19(20)25(31)30(24)22-16-10-11-17-23(22)33-3/h8-11,14-18,21H,4-7,12-13H2,1-3H3,(H,27,32). The lowest BCUT2D eigenvalue weighted by atomic mass is 9.96. The van der Waals surface area contributed by atoms with Gasteiger partial charge in [0.2, 0.25) is 0 Å². The lowest BCUT2D eigenvalue weighted by Crippen LogP contribution is -2.46.